The molecule has 8 nitrogen and oxygen atoms in total. The Morgan fingerprint density at radius 1 is 1.27 bits per heavy atom. The van der Waals surface area contributed by atoms with Gasteiger partial charge in [0.25, 0.3) is 11.6 Å². The van der Waals surface area contributed by atoms with Gasteiger partial charge in [-0.1, -0.05) is 35.1 Å². The molecule has 0 aliphatic heterocycles. The van der Waals surface area contributed by atoms with Crippen molar-refractivity contribution in [1.29, 1.82) is 0 Å². The quantitative estimate of drug-likeness (QED) is 0.520. The van der Waals surface area contributed by atoms with E-state index in [4.69, 9.17) is 16.3 Å². The molecule has 0 fully saturated rings. The molecular weight excluding hydrogens is 380 g/mol. The smallest absolute Gasteiger partial charge is 0.270 e. The topological polar surface area (TPSA) is 107 Å². The molecule has 3 aromatic rings. The fourth-order valence-corrected chi connectivity index (χ4v) is 3.07. The fourth-order valence-electron chi connectivity index (χ4n) is 2.17. The Kier molecular flexibility index (Phi) is 5.10. The van der Waals surface area contributed by atoms with Crippen molar-refractivity contribution in [2.45, 2.75) is 0 Å². The largest absolute Gasteiger partial charge is 0.496 e. The van der Waals surface area contributed by atoms with Gasteiger partial charge in [-0.3, -0.25) is 20.2 Å². The van der Waals surface area contributed by atoms with Crippen LogP contribution in [0.15, 0.2) is 42.5 Å². The number of nitro benzene ring substituents is 1. The molecular formula is C16H11ClN4O4S. The van der Waals surface area contributed by atoms with Gasteiger partial charge in [0, 0.05) is 22.7 Å². The lowest BCUT2D eigenvalue weighted by Gasteiger charge is -2.07. The first-order valence-electron chi connectivity index (χ1n) is 7.21. The summed E-state index contributed by atoms with van der Waals surface area (Å²) in [4.78, 5) is 22.8. The SMILES string of the molecule is COc1ccc(Cl)cc1C(=O)Nc1nnc(-c2cccc([N+](=O)[O-])c2)s1. The standard InChI is InChI=1S/C16H11ClN4O4S/c1-25-13-6-5-10(17)8-12(13)14(22)18-16-20-19-15(26-16)9-3-2-4-11(7-9)21(23)24/h2-8H,1H3,(H,18,20,22). The lowest BCUT2D eigenvalue weighted by atomic mass is 10.2. The van der Waals surface area contributed by atoms with Crippen LogP contribution in [-0.4, -0.2) is 28.1 Å². The van der Waals surface area contributed by atoms with Crippen molar-refractivity contribution in [1.82, 2.24) is 10.2 Å². The van der Waals surface area contributed by atoms with E-state index in [-0.39, 0.29) is 16.4 Å². The summed E-state index contributed by atoms with van der Waals surface area (Å²) in [6, 6.07) is 10.7. The lowest BCUT2D eigenvalue weighted by molar-refractivity contribution is -0.384. The average molecular weight is 391 g/mol. The minimum atomic E-state index is -0.487. The predicted molar refractivity (Wildman–Crippen MR) is 98.0 cm³/mol. The van der Waals surface area contributed by atoms with Gasteiger partial charge in [-0.25, -0.2) is 0 Å². The minimum absolute atomic E-state index is 0.0491. The second-order valence-electron chi connectivity index (χ2n) is 5.02. The first-order chi connectivity index (χ1) is 12.5. The van der Waals surface area contributed by atoms with E-state index < -0.39 is 10.8 Å². The number of halogens is 1. The normalized spacial score (nSPS) is 10.4. The van der Waals surface area contributed by atoms with E-state index >= 15 is 0 Å². The van der Waals surface area contributed by atoms with Gasteiger partial charge in [0.2, 0.25) is 5.13 Å². The Morgan fingerprint density at radius 2 is 2.08 bits per heavy atom. The third-order valence-electron chi connectivity index (χ3n) is 3.36. The third-order valence-corrected chi connectivity index (χ3v) is 4.48. The molecule has 2 aromatic carbocycles. The van der Waals surface area contributed by atoms with Gasteiger partial charge in [-0.05, 0) is 18.2 Å². The molecule has 1 heterocycles. The molecule has 1 aromatic heterocycles. The van der Waals surface area contributed by atoms with E-state index in [0.717, 1.165) is 11.3 Å². The molecule has 3 rings (SSSR count). The maximum Gasteiger partial charge on any atom is 0.270 e. The summed E-state index contributed by atoms with van der Waals surface area (Å²) in [7, 11) is 1.45. The molecule has 26 heavy (non-hydrogen) atoms. The molecule has 10 heteroatoms. The number of carbonyl (C=O) groups is 1. The lowest BCUT2D eigenvalue weighted by Crippen LogP contribution is -2.13. The molecule has 0 aliphatic carbocycles. The van der Waals surface area contributed by atoms with Crippen molar-refractivity contribution in [3.8, 4) is 16.3 Å². The summed E-state index contributed by atoms with van der Waals surface area (Å²) in [5.74, 6) is -0.0820. The maximum absolute atomic E-state index is 12.4. The van der Waals surface area contributed by atoms with Crippen LogP contribution in [0.3, 0.4) is 0 Å². The predicted octanol–water partition coefficient (Wildman–Crippen LogP) is 4.03. The van der Waals surface area contributed by atoms with E-state index in [2.05, 4.69) is 15.5 Å². The number of methoxy groups -OCH3 is 1. The Bertz CT molecular complexity index is 992. The number of rotatable bonds is 5. The van der Waals surface area contributed by atoms with Gasteiger partial charge in [0.05, 0.1) is 17.6 Å². The highest BCUT2D eigenvalue weighted by Gasteiger charge is 2.16. The Balaban J connectivity index is 1.83. The maximum atomic E-state index is 12.4. The zero-order chi connectivity index (χ0) is 18.7. The van der Waals surface area contributed by atoms with Gasteiger partial charge >= 0.3 is 0 Å². The second-order valence-corrected chi connectivity index (χ2v) is 6.43. The van der Waals surface area contributed by atoms with Crippen LogP contribution in [0.1, 0.15) is 10.4 Å². The number of amides is 1. The summed E-state index contributed by atoms with van der Waals surface area (Å²) in [6.07, 6.45) is 0. The first kappa shape index (κ1) is 17.8. The van der Waals surface area contributed by atoms with E-state index in [0.29, 0.717) is 21.3 Å². The Labute approximate surface area is 156 Å². The van der Waals surface area contributed by atoms with Crippen molar-refractivity contribution in [3.05, 3.63) is 63.2 Å². The minimum Gasteiger partial charge on any atom is -0.496 e. The molecule has 0 atom stereocenters. The highest BCUT2D eigenvalue weighted by molar-refractivity contribution is 7.18. The van der Waals surface area contributed by atoms with Gasteiger partial charge < -0.3 is 4.74 Å². The Morgan fingerprint density at radius 3 is 2.81 bits per heavy atom. The van der Waals surface area contributed by atoms with E-state index in [1.54, 1.807) is 24.3 Å². The number of anilines is 1. The third kappa shape index (κ3) is 3.79. The highest BCUT2D eigenvalue weighted by atomic mass is 35.5. The number of ether oxygens (including phenoxy) is 1. The van der Waals surface area contributed by atoms with Crippen molar-refractivity contribution in [2.75, 3.05) is 12.4 Å². The van der Waals surface area contributed by atoms with Crippen LogP contribution in [0, 0.1) is 10.1 Å². The monoisotopic (exact) mass is 390 g/mol. The van der Waals surface area contributed by atoms with E-state index in [9.17, 15) is 14.9 Å². The molecule has 132 valence electrons. The number of nitro groups is 1. The zero-order valence-corrected chi connectivity index (χ0v) is 14.9. The number of hydrogen-bond donors (Lipinski definition) is 1. The molecule has 0 unspecified atom stereocenters. The van der Waals surface area contributed by atoms with Crippen LogP contribution in [0.4, 0.5) is 10.8 Å². The summed E-state index contributed by atoms with van der Waals surface area (Å²) < 4.78 is 5.15. The van der Waals surface area contributed by atoms with Crippen LogP contribution in [0.25, 0.3) is 10.6 Å². The van der Waals surface area contributed by atoms with E-state index in [1.165, 1.54) is 25.3 Å². The van der Waals surface area contributed by atoms with Gasteiger partial charge in [0.1, 0.15) is 10.8 Å². The van der Waals surface area contributed by atoms with Gasteiger partial charge in [-0.15, -0.1) is 10.2 Å². The molecule has 1 amide bonds. The molecule has 0 saturated heterocycles. The van der Waals surface area contributed by atoms with E-state index in [1.807, 2.05) is 0 Å². The van der Waals surface area contributed by atoms with Crippen molar-refractivity contribution in [3.63, 3.8) is 0 Å². The second kappa shape index (κ2) is 7.46. The highest BCUT2D eigenvalue weighted by Crippen LogP contribution is 2.30. The molecule has 0 spiro atoms. The number of aromatic nitrogens is 2. The number of carbonyl (C=O) groups excluding carboxylic acids is 1. The number of hydrogen-bond acceptors (Lipinski definition) is 7. The van der Waals surface area contributed by atoms with Crippen LogP contribution in [0.5, 0.6) is 5.75 Å². The molecule has 0 radical (unpaired) electrons. The van der Waals surface area contributed by atoms with Crippen LogP contribution >= 0.6 is 22.9 Å². The van der Waals surface area contributed by atoms with Crippen molar-refractivity contribution in [2.24, 2.45) is 0 Å². The summed E-state index contributed by atoms with van der Waals surface area (Å²) in [5.41, 5.74) is 0.747. The van der Waals surface area contributed by atoms with Crippen LogP contribution < -0.4 is 10.1 Å². The number of benzene rings is 2. The zero-order valence-electron chi connectivity index (χ0n) is 13.3. The molecule has 1 N–H and O–H groups in total. The van der Waals surface area contributed by atoms with Gasteiger partial charge in [-0.2, -0.15) is 0 Å². The molecule has 0 saturated carbocycles. The molecule has 0 aliphatic rings. The number of nitrogens with zero attached hydrogens (tertiary/aromatic N) is 3. The van der Waals surface area contributed by atoms with Crippen molar-refractivity contribution < 1.29 is 14.5 Å². The Hall–Kier alpha value is -3.04. The summed E-state index contributed by atoms with van der Waals surface area (Å²) in [6.45, 7) is 0. The first-order valence-corrected chi connectivity index (χ1v) is 8.40. The number of non-ortho nitro benzene ring substituents is 1. The average Bonchev–Trinajstić information content (AvgIpc) is 3.10. The summed E-state index contributed by atoms with van der Waals surface area (Å²) >= 11 is 7.03. The summed E-state index contributed by atoms with van der Waals surface area (Å²) in [5, 5.41) is 22.5. The van der Waals surface area contributed by atoms with Gasteiger partial charge in [0.15, 0.2) is 0 Å². The molecule has 0 bridgehead atoms. The van der Waals surface area contributed by atoms with Crippen molar-refractivity contribution >= 4 is 39.7 Å². The van der Waals surface area contributed by atoms with Crippen LogP contribution in [0.2, 0.25) is 5.02 Å². The number of nitrogens with one attached hydrogen (secondary N) is 1. The van der Waals surface area contributed by atoms with Crippen LogP contribution in [-0.2, 0) is 0 Å². The fraction of sp³-hybridized carbons (Fsp3) is 0.0625.